The lowest BCUT2D eigenvalue weighted by atomic mass is 9.93. The summed E-state index contributed by atoms with van der Waals surface area (Å²) < 4.78 is 2.66. The highest BCUT2D eigenvalue weighted by Gasteiger charge is 2.16. The Morgan fingerprint density at radius 1 is 0.378 bits per heavy atom. The fourth-order valence-electron chi connectivity index (χ4n) is 7.04. The Kier molecular flexibility index (Phi) is 5.19. The highest BCUT2D eigenvalue weighted by molar-refractivity contribution is 7.25. The van der Waals surface area contributed by atoms with Gasteiger partial charge in [-0.25, -0.2) is 9.97 Å². The molecule has 0 saturated carbocycles. The molecule has 0 unspecified atom stereocenters. The zero-order valence-electron chi connectivity index (χ0n) is 24.2. The second-order valence-corrected chi connectivity index (χ2v) is 12.9. The lowest BCUT2D eigenvalue weighted by Crippen LogP contribution is -1.96. The quantitative estimate of drug-likeness (QED) is 0.188. The summed E-state index contributed by atoms with van der Waals surface area (Å²) in [6.07, 6.45) is 0. The molecule has 0 aliphatic heterocycles. The summed E-state index contributed by atoms with van der Waals surface area (Å²) in [4.78, 5) is 10.6. The number of aromatic nitrogens is 2. The van der Waals surface area contributed by atoms with Crippen molar-refractivity contribution in [2.75, 3.05) is 0 Å². The fraction of sp³-hybridized carbons (Fsp3) is 0. The van der Waals surface area contributed by atoms with Crippen LogP contribution in [0.25, 0.3) is 96.8 Å². The molecular weight excluding hydrogens is 565 g/mol. The molecule has 2 nitrogen and oxygen atoms in total. The standard InChI is InChI=1S/C42H24N2S/c1-2-9-27(10-3-1)40-41(44-42-32-11-5-4-8-25(32)19-21-36(42)43-40)30-18-20-31-28(22-30)16-14-26-15-17-29-23-35-33-12-6-7-13-37(33)45-38(35)24-34(29)39(26)31/h1-24H. The Morgan fingerprint density at radius 3 is 1.98 bits per heavy atom. The fourth-order valence-corrected chi connectivity index (χ4v) is 8.17. The zero-order valence-corrected chi connectivity index (χ0v) is 25.0. The second kappa shape index (κ2) is 9.43. The third kappa shape index (κ3) is 3.75. The molecule has 2 aromatic heterocycles. The van der Waals surface area contributed by atoms with Crippen molar-refractivity contribution >= 4 is 85.6 Å². The maximum absolute atomic E-state index is 5.36. The Labute approximate surface area is 262 Å². The summed E-state index contributed by atoms with van der Waals surface area (Å²) in [7, 11) is 0. The van der Waals surface area contributed by atoms with Gasteiger partial charge in [-0.05, 0) is 68.0 Å². The Bertz CT molecular complexity index is 2810. The molecule has 45 heavy (non-hydrogen) atoms. The number of benzene rings is 8. The molecule has 0 spiro atoms. The van der Waals surface area contributed by atoms with Crippen LogP contribution in [0.2, 0.25) is 0 Å². The minimum atomic E-state index is 0.899. The first-order valence-electron chi connectivity index (χ1n) is 15.2. The van der Waals surface area contributed by atoms with Gasteiger partial charge in [-0.15, -0.1) is 11.3 Å². The van der Waals surface area contributed by atoms with Crippen molar-refractivity contribution in [3.63, 3.8) is 0 Å². The van der Waals surface area contributed by atoms with E-state index in [1.807, 2.05) is 17.4 Å². The first-order chi connectivity index (χ1) is 22.3. The van der Waals surface area contributed by atoms with Crippen molar-refractivity contribution in [1.82, 2.24) is 9.97 Å². The smallest absolute Gasteiger partial charge is 0.0973 e. The summed E-state index contributed by atoms with van der Waals surface area (Å²) in [5.41, 5.74) is 5.76. The molecule has 0 radical (unpaired) electrons. The number of rotatable bonds is 2. The molecular formula is C42H24N2S. The average molecular weight is 589 g/mol. The largest absolute Gasteiger partial charge is 0.244 e. The van der Waals surface area contributed by atoms with E-state index in [0.29, 0.717) is 0 Å². The van der Waals surface area contributed by atoms with E-state index in [9.17, 15) is 0 Å². The Morgan fingerprint density at radius 2 is 1.09 bits per heavy atom. The maximum atomic E-state index is 5.36. The van der Waals surface area contributed by atoms with Crippen molar-refractivity contribution in [3.05, 3.63) is 146 Å². The van der Waals surface area contributed by atoms with Crippen LogP contribution in [0.1, 0.15) is 0 Å². The highest BCUT2D eigenvalue weighted by Crippen LogP contribution is 2.41. The monoisotopic (exact) mass is 588 g/mol. The molecule has 0 aliphatic rings. The molecule has 10 rings (SSSR count). The Hall–Kier alpha value is -5.64. The van der Waals surface area contributed by atoms with E-state index >= 15 is 0 Å². The normalized spacial score (nSPS) is 12.0. The summed E-state index contributed by atoms with van der Waals surface area (Å²) in [6, 6.07) is 52.4. The summed E-state index contributed by atoms with van der Waals surface area (Å²) >= 11 is 1.88. The molecule has 10 aromatic rings. The van der Waals surface area contributed by atoms with Crippen LogP contribution in [-0.2, 0) is 0 Å². The van der Waals surface area contributed by atoms with E-state index in [-0.39, 0.29) is 0 Å². The first kappa shape index (κ1) is 24.8. The van der Waals surface area contributed by atoms with Crippen LogP contribution in [0.5, 0.6) is 0 Å². The SMILES string of the molecule is c1ccc(-c2nc3ccc4ccccc4c3nc2-c2ccc3c(ccc4ccc5cc6c(cc5c43)sc3ccccc36)c2)cc1. The average Bonchev–Trinajstić information content (AvgIpc) is 3.47. The van der Waals surface area contributed by atoms with Gasteiger partial charge in [0.2, 0.25) is 0 Å². The lowest BCUT2D eigenvalue weighted by molar-refractivity contribution is 1.30. The van der Waals surface area contributed by atoms with Crippen molar-refractivity contribution in [3.8, 4) is 22.5 Å². The molecule has 0 fully saturated rings. The molecule has 0 N–H and O–H groups in total. The number of nitrogens with zero attached hydrogens (tertiary/aromatic N) is 2. The van der Waals surface area contributed by atoms with Crippen molar-refractivity contribution in [1.29, 1.82) is 0 Å². The molecule has 0 atom stereocenters. The Balaban J connectivity index is 1.24. The number of hydrogen-bond acceptors (Lipinski definition) is 3. The van der Waals surface area contributed by atoms with Gasteiger partial charge >= 0.3 is 0 Å². The van der Waals surface area contributed by atoms with E-state index in [1.165, 1.54) is 57.9 Å². The van der Waals surface area contributed by atoms with Crippen LogP contribution < -0.4 is 0 Å². The zero-order chi connectivity index (χ0) is 29.5. The molecule has 0 saturated heterocycles. The maximum Gasteiger partial charge on any atom is 0.0973 e. The van der Waals surface area contributed by atoms with E-state index in [0.717, 1.165) is 38.9 Å². The van der Waals surface area contributed by atoms with Gasteiger partial charge in [0.25, 0.3) is 0 Å². The third-order valence-electron chi connectivity index (χ3n) is 9.19. The number of hydrogen-bond donors (Lipinski definition) is 0. The summed E-state index contributed by atoms with van der Waals surface area (Å²) in [6.45, 7) is 0. The molecule has 2 heterocycles. The highest BCUT2D eigenvalue weighted by atomic mass is 32.1. The molecule has 3 heteroatoms. The van der Waals surface area contributed by atoms with Gasteiger partial charge in [0.1, 0.15) is 0 Å². The predicted octanol–water partition coefficient (Wildman–Crippen LogP) is 11.9. The molecule has 0 amide bonds. The van der Waals surface area contributed by atoms with Gasteiger partial charge in [-0.1, -0.05) is 115 Å². The summed E-state index contributed by atoms with van der Waals surface area (Å²) in [5, 5.41) is 12.5. The van der Waals surface area contributed by atoms with E-state index < -0.39 is 0 Å². The van der Waals surface area contributed by atoms with E-state index in [4.69, 9.17) is 9.97 Å². The van der Waals surface area contributed by atoms with Gasteiger partial charge < -0.3 is 0 Å². The van der Waals surface area contributed by atoms with Crippen LogP contribution in [0.4, 0.5) is 0 Å². The van der Waals surface area contributed by atoms with Crippen LogP contribution >= 0.6 is 11.3 Å². The first-order valence-corrected chi connectivity index (χ1v) is 16.1. The third-order valence-corrected chi connectivity index (χ3v) is 10.3. The molecule has 8 aromatic carbocycles. The van der Waals surface area contributed by atoms with Gasteiger partial charge in [0.15, 0.2) is 0 Å². The minimum absolute atomic E-state index is 0.899. The van der Waals surface area contributed by atoms with Crippen molar-refractivity contribution in [2.24, 2.45) is 0 Å². The molecule has 0 aliphatic carbocycles. The van der Waals surface area contributed by atoms with Gasteiger partial charge in [0.05, 0.1) is 22.4 Å². The molecule has 208 valence electrons. The van der Waals surface area contributed by atoms with Crippen LogP contribution in [-0.4, -0.2) is 9.97 Å². The van der Waals surface area contributed by atoms with E-state index in [1.54, 1.807) is 0 Å². The lowest BCUT2D eigenvalue weighted by Gasteiger charge is -2.14. The minimum Gasteiger partial charge on any atom is -0.244 e. The topological polar surface area (TPSA) is 25.8 Å². The van der Waals surface area contributed by atoms with Gasteiger partial charge in [-0.2, -0.15) is 0 Å². The number of fused-ring (bicyclic) bond motifs is 11. The van der Waals surface area contributed by atoms with Crippen LogP contribution in [0, 0.1) is 0 Å². The predicted molar refractivity (Wildman–Crippen MR) is 193 cm³/mol. The number of thiophene rings is 1. The van der Waals surface area contributed by atoms with Crippen molar-refractivity contribution in [2.45, 2.75) is 0 Å². The summed E-state index contributed by atoms with van der Waals surface area (Å²) in [5.74, 6) is 0. The second-order valence-electron chi connectivity index (χ2n) is 11.8. The van der Waals surface area contributed by atoms with Gasteiger partial charge in [-0.3, -0.25) is 0 Å². The van der Waals surface area contributed by atoms with Gasteiger partial charge in [0, 0.05) is 36.7 Å². The molecule has 0 bridgehead atoms. The van der Waals surface area contributed by atoms with Crippen molar-refractivity contribution < 1.29 is 0 Å². The van der Waals surface area contributed by atoms with E-state index in [2.05, 4.69) is 140 Å². The van der Waals surface area contributed by atoms with Crippen LogP contribution in [0.3, 0.4) is 0 Å². The van der Waals surface area contributed by atoms with Crippen LogP contribution in [0.15, 0.2) is 146 Å².